The molecule has 0 amide bonds. The van der Waals surface area contributed by atoms with E-state index in [1.165, 1.54) is 25.3 Å². The second-order valence-electron chi connectivity index (χ2n) is 6.59. The topological polar surface area (TPSA) is 80.9 Å². The summed E-state index contributed by atoms with van der Waals surface area (Å²) in [5, 5.41) is 18.4. The number of aliphatic hydroxyl groups excluding tert-OH is 1. The number of aromatic nitrogens is 2. The fourth-order valence-electron chi connectivity index (χ4n) is 3.39. The van der Waals surface area contributed by atoms with Crippen molar-refractivity contribution in [2.45, 2.75) is 25.2 Å². The Kier molecular flexibility index (Phi) is 4.91. The van der Waals surface area contributed by atoms with Gasteiger partial charge in [-0.3, -0.25) is 4.90 Å². The van der Waals surface area contributed by atoms with Crippen LogP contribution < -0.4 is 9.47 Å². The highest BCUT2D eigenvalue weighted by Gasteiger charge is 2.30. The molecule has 0 bridgehead atoms. The minimum Gasteiger partial charge on any atom is -0.493 e. The summed E-state index contributed by atoms with van der Waals surface area (Å²) in [4.78, 5) is 2.13. The molecular formula is C19H20FN3O4. The van der Waals surface area contributed by atoms with Gasteiger partial charge in [-0.2, -0.15) is 0 Å². The summed E-state index contributed by atoms with van der Waals surface area (Å²) < 4.78 is 29.2. The molecule has 4 rings (SSSR count). The number of benzene rings is 2. The number of β-amino-alcohol motifs (C(OH)–C–C–N with tert-alkyl or cyclic N) is 1. The maximum absolute atomic E-state index is 13.3. The van der Waals surface area contributed by atoms with Crippen molar-refractivity contribution in [1.29, 1.82) is 0 Å². The Labute approximate surface area is 155 Å². The van der Waals surface area contributed by atoms with Crippen molar-refractivity contribution >= 4 is 11.0 Å². The van der Waals surface area contributed by atoms with Crippen molar-refractivity contribution in [3.05, 3.63) is 47.8 Å². The summed E-state index contributed by atoms with van der Waals surface area (Å²) >= 11 is 0. The van der Waals surface area contributed by atoms with Gasteiger partial charge in [-0.05, 0) is 40.5 Å². The van der Waals surface area contributed by atoms with Gasteiger partial charge in [-0.1, -0.05) is 12.1 Å². The predicted molar refractivity (Wildman–Crippen MR) is 95.1 cm³/mol. The van der Waals surface area contributed by atoms with E-state index in [4.69, 9.17) is 14.1 Å². The largest absolute Gasteiger partial charge is 0.493 e. The first kappa shape index (κ1) is 17.7. The molecule has 1 N–H and O–H groups in total. The molecule has 1 aliphatic rings. The van der Waals surface area contributed by atoms with Crippen molar-refractivity contribution in [3.63, 3.8) is 0 Å². The number of likely N-dealkylation sites (tertiary alicyclic amines) is 1. The Balaban J connectivity index is 1.41. The number of piperidine rings is 1. The average Bonchev–Trinajstić information content (AvgIpc) is 3.15. The predicted octanol–water partition coefficient (Wildman–Crippen LogP) is 2.38. The van der Waals surface area contributed by atoms with Crippen LogP contribution in [0, 0.1) is 5.82 Å². The van der Waals surface area contributed by atoms with Gasteiger partial charge in [-0.15, -0.1) is 0 Å². The SMILES string of the molecule is COc1cc(F)ccc1O[C@@H]1CCN(Cc2cccc3nonc23)C[C@H]1O. The zero-order chi connectivity index (χ0) is 18.8. The van der Waals surface area contributed by atoms with Crippen molar-refractivity contribution in [2.24, 2.45) is 0 Å². The molecule has 2 heterocycles. The number of hydrogen-bond acceptors (Lipinski definition) is 7. The quantitative estimate of drug-likeness (QED) is 0.735. The third kappa shape index (κ3) is 3.72. The minimum absolute atomic E-state index is 0.315. The highest BCUT2D eigenvalue weighted by atomic mass is 19.1. The van der Waals surface area contributed by atoms with Gasteiger partial charge in [-0.25, -0.2) is 9.02 Å². The van der Waals surface area contributed by atoms with Crippen molar-refractivity contribution in [2.75, 3.05) is 20.2 Å². The summed E-state index contributed by atoms with van der Waals surface area (Å²) in [5.74, 6) is 0.343. The van der Waals surface area contributed by atoms with Crippen LogP contribution in [0.3, 0.4) is 0 Å². The van der Waals surface area contributed by atoms with E-state index in [0.29, 0.717) is 31.0 Å². The van der Waals surface area contributed by atoms with Gasteiger partial charge in [0, 0.05) is 25.7 Å². The summed E-state index contributed by atoms with van der Waals surface area (Å²) in [6.07, 6.45) is -0.428. The minimum atomic E-state index is -0.678. The van der Waals surface area contributed by atoms with E-state index in [9.17, 15) is 9.50 Å². The fraction of sp³-hybridized carbons (Fsp3) is 0.368. The molecule has 1 fully saturated rings. The maximum atomic E-state index is 13.3. The lowest BCUT2D eigenvalue weighted by molar-refractivity contribution is -0.0282. The maximum Gasteiger partial charge on any atom is 0.163 e. The molecule has 1 aliphatic heterocycles. The zero-order valence-electron chi connectivity index (χ0n) is 14.8. The monoisotopic (exact) mass is 373 g/mol. The van der Waals surface area contributed by atoms with Crippen LogP contribution in [0.15, 0.2) is 41.0 Å². The van der Waals surface area contributed by atoms with Crippen LogP contribution in [0.25, 0.3) is 11.0 Å². The lowest BCUT2D eigenvalue weighted by Gasteiger charge is -2.36. The molecule has 0 radical (unpaired) electrons. The molecule has 2 aromatic carbocycles. The van der Waals surface area contributed by atoms with Crippen LogP contribution in [-0.4, -0.2) is 52.7 Å². The van der Waals surface area contributed by atoms with E-state index in [1.807, 2.05) is 18.2 Å². The van der Waals surface area contributed by atoms with E-state index in [-0.39, 0.29) is 6.10 Å². The number of rotatable bonds is 5. The third-order valence-electron chi connectivity index (χ3n) is 4.77. The number of fused-ring (bicyclic) bond motifs is 1. The number of aliphatic hydroxyl groups is 1. The van der Waals surface area contributed by atoms with Gasteiger partial charge in [0.25, 0.3) is 0 Å². The molecule has 0 spiro atoms. The van der Waals surface area contributed by atoms with E-state index in [0.717, 1.165) is 23.1 Å². The van der Waals surface area contributed by atoms with Gasteiger partial charge in [0.15, 0.2) is 11.5 Å². The van der Waals surface area contributed by atoms with Crippen LogP contribution in [-0.2, 0) is 6.54 Å². The number of hydrogen-bond donors (Lipinski definition) is 1. The standard InChI is InChI=1S/C19H20FN3O4/c1-25-18-9-13(20)5-6-17(18)26-16-7-8-23(11-15(16)24)10-12-3-2-4-14-19(12)22-27-21-14/h2-6,9,15-16,24H,7-8,10-11H2,1H3/t15-,16-/m1/s1. The highest BCUT2D eigenvalue weighted by molar-refractivity contribution is 5.76. The average molecular weight is 373 g/mol. The van der Waals surface area contributed by atoms with Gasteiger partial charge >= 0.3 is 0 Å². The zero-order valence-corrected chi connectivity index (χ0v) is 14.8. The summed E-state index contributed by atoms with van der Waals surface area (Å²) in [6.45, 7) is 1.83. The molecule has 3 aromatic rings. The van der Waals surface area contributed by atoms with Crippen LogP contribution in [0.5, 0.6) is 11.5 Å². The molecule has 142 valence electrons. The van der Waals surface area contributed by atoms with Gasteiger partial charge in [0.1, 0.15) is 29.1 Å². The highest BCUT2D eigenvalue weighted by Crippen LogP contribution is 2.30. The molecule has 2 atom stereocenters. The molecule has 1 aromatic heterocycles. The number of nitrogens with zero attached hydrogens (tertiary/aromatic N) is 3. The Hall–Kier alpha value is -2.71. The number of methoxy groups -OCH3 is 1. The Morgan fingerprint density at radius 3 is 2.96 bits per heavy atom. The summed E-state index contributed by atoms with van der Waals surface area (Å²) in [6, 6.07) is 9.83. The smallest absolute Gasteiger partial charge is 0.163 e. The molecular weight excluding hydrogens is 353 g/mol. The molecule has 0 aliphatic carbocycles. The molecule has 7 nitrogen and oxygen atoms in total. The second kappa shape index (κ2) is 7.50. The Bertz CT molecular complexity index is 932. The lowest BCUT2D eigenvalue weighted by atomic mass is 10.0. The van der Waals surface area contributed by atoms with Crippen molar-refractivity contribution in [3.8, 4) is 11.5 Å². The number of halogens is 1. The van der Waals surface area contributed by atoms with Crippen LogP contribution >= 0.6 is 0 Å². The second-order valence-corrected chi connectivity index (χ2v) is 6.59. The van der Waals surface area contributed by atoms with Crippen LogP contribution in [0.1, 0.15) is 12.0 Å². The molecule has 0 saturated carbocycles. The normalized spacial score (nSPS) is 20.7. The Morgan fingerprint density at radius 2 is 2.15 bits per heavy atom. The lowest BCUT2D eigenvalue weighted by Crippen LogP contribution is -2.48. The van der Waals surface area contributed by atoms with E-state index < -0.39 is 11.9 Å². The van der Waals surface area contributed by atoms with E-state index >= 15 is 0 Å². The van der Waals surface area contributed by atoms with E-state index in [2.05, 4.69) is 15.2 Å². The molecule has 0 unspecified atom stereocenters. The van der Waals surface area contributed by atoms with Crippen LogP contribution in [0.2, 0.25) is 0 Å². The Morgan fingerprint density at radius 1 is 1.26 bits per heavy atom. The summed E-state index contributed by atoms with van der Waals surface area (Å²) in [5.41, 5.74) is 2.46. The fourth-order valence-corrected chi connectivity index (χ4v) is 3.39. The third-order valence-corrected chi connectivity index (χ3v) is 4.77. The van der Waals surface area contributed by atoms with Crippen molar-refractivity contribution in [1.82, 2.24) is 15.2 Å². The van der Waals surface area contributed by atoms with Gasteiger partial charge < -0.3 is 14.6 Å². The van der Waals surface area contributed by atoms with Gasteiger partial charge in [0.05, 0.1) is 7.11 Å². The molecule has 8 heteroatoms. The summed E-state index contributed by atoms with van der Waals surface area (Å²) in [7, 11) is 1.46. The first-order valence-electron chi connectivity index (χ1n) is 8.75. The van der Waals surface area contributed by atoms with Crippen LogP contribution in [0.4, 0.5) is 4.39 Å². The molecule has 1 saturated heterocycles. The molecule has 27 heavy (non-hydrogen) atoms. The number of ether oxygens (including phenoxy) is 2. The van der Waals surface area contributed by atoms with E-state index in [1.54, 1.807) is 0 Å². The first-order valence-corrected chi connectivity index (χ1v) is 8.75. The van der Waals surface area contributed by atoms with Gasteiger partial charge in [0.2, 0.25) is 0 Å². The van der Waals surface area contributed by atoms with Crippen molar-refractivity contribution < 1.29 is 23.6 Å². The first-order chi connectivity index (χ1) is 13.1.